The quantitative estimate of drug-likeness (QED) is 0.682. The highest BCUT2D eigenvalue weighted by molar-refractivity contribution is 7.10. The molecule has 5 heteroatoms. The van der Waals surface area contributed by atoms with Crippen molar-refractivity contribution in [3.05, 3.63) is 6.07 Å². The first-order chi connectivity index (χ1) is 6.83. The van der Waals surface area contributed by atoms with Crippen LogP contribution in [0, 0.1) is 0 Å². The van der Waals surface area contributed by atoms with Crippen molar-refractivity contribution in [2.75, 3.05) is 30.8 Å². The zero-order valence-corrected chi connectivity index (χ0v) is 9.27. The summed E-state index contributed by atoms with van der Waals surface area (Å²) in [6.45, 7) is 4.55. The van der Waals surface area contributed by atoms with Gasteiger partial charge < -0.3 is 15.8 Å². The van der Waals surface area contributed by atoms with Crippen LogP contribution < -0.4 is 11.1 Å². The van der Waals surface area contributed by atoms with Gasteiger partial charge in [0.1, 0.15) is 10.8 Å². The molecule has 1 aromatic rings. The van der Waals surface area contributed by atoms with Crippen LogP contribution in [0.15, 0.2) is 6.07 Å². The molecule has 0 saturated heterocycles. The summed E-state index contributed by atoms with van der Waals surface area (Å²) >= 11 is 1.38. The molecule has 3 N–H and O–H groups in total. The zero-order valence-electron chi connectivity index (χ0n) is 8.45. The maximum Gasteiger partial charge on any atom is 0.139 e. The minimum absolute atomic E-state index is 0.574. The normalized spacial score (nSPS) is 10.4. The van der Waals surface area contributed by atoms with E-state index >= 15 is 0 Å². The van der Waals surface area contributed by atoms with Gasteiger partial charge >= 0.3 is 0 Å². The maximum absolute atomic E-state index is 5.48. The second-order valence-electron chi connectivity index (χ2n) is 3.01. The van der Waals surface area contributed by atoms with Gasteiger partial charge in [-0.25, -0.2) is 0 Å². The molecule has 0 aliphatic rings. The van der Waals surface area contributed by atoms with E-state index in [-0.39, 0.29) is 0 Å². The number of nitrogens with zero attached hydrogens (tertiary/aromatic N) is 1. The molecule has 0 aliphatic carbocycles. The molecule has 0 aromatic carbocycles. The molecule has 0 bridgehead atoms. The lowest BCUT2D eigenvalue weighted by Gasteiger charge is -2.03. The number of nitrogens with two attached hydrogens (primary N) is 1. The van der Waals surface area contributed by atoms with Crippen LogP contribution in [0.2, 0.25) is 0 Å². The summed E-state index contributed by atoms with van der Waals surface area (Å²) in [5, 5.41) is 4.19. The molecule has 0 saturated carbocycles. The molecule has 0 fully saturated rings. The van der Waals surface area contributed by atoms with E-state index in [0.29, 0.717) is 5.82 Å². The molecule has 80 valence electrons. The predicted octanol–water partition coefficient (Wildman–Crippen LogP) is 1.95. The van der Waals surface area contributed by atoms with Crippen molar-refractivity contribution in [2.45, 2.75) is 19.8 Å². The fourth-order valence-corrected chi connectivity index (χ4v) is 1.56. The third kappa shape index (κ3) is 4.43. The van der Waals surface area contributed by atoms with Crippen LogP contribution in [-0.4, -0.2) is 24.1 Å². The molecule has 0 amide bonds. The summed E-state index contributed by atoms with van der Waals surface area (Å²) in [5.74, 6) is 0.574. The molecular formula is C9H17N3OS. The predicted molar refractivity (Wildman–Crippen MR) is 60.7 cm³/mol. The molecule has 1 aromatic heterocycles. The SMILES string of the molecule is CCCCOCCNc1cc(N)ns1. The molecule has 4 nitrogen and oxygen atoms in total. The topological polar surface area (TPSA) is 60.2 Å². The standard InChI is InChI=1S/C9H17N3OS/c1-2-3-5-13-6-4-11-9-7-8(10)12-14-9/h7,11H,2-6H2,1H3,(H2,10,12). The largest absolute Gasteiger partial charge is 0.383 e. The lowest BCUT2D eigenvalue weighted by molar-refractivity contribution is 0.141. The van der Waals surface area contributed by atoms with E-state index in [0.717, 1.165) is 31.2 Å². The van der Waals surface area contributed by atoms with Crippen LogP contribution in [0.4, 0.5) is 10.8 Å². The van der Waals surface area contributed by atoms with E-state index in [2.05, 4.69) is 16.6 Å². The van der Waals surface area contributed by atoms with Gasteiger partial charge in [-0.05, 0) is 18.0 Å². The number of rotatable bonds is 7. The molecule has 0 spiro atoms. The van der Waals surface area contributed by atoms with Crippen molar-refractivity contribution in [1.29, 1.82) is 0 Å². The number of ether oxygens (including phenoxy) is 1. The Morgan fingerprint density at radius 1 is 1.57 bits per heavy atom. The van der Waals surface area contributed by atoms with Crippen molar-refractivity contribution in [3.8, 4) is 0 Å². The summed E-state index contributed by atoms with van der Waals surface area (Å²) < 4.78 is 9.35. The Hall–Kier alpha value is -0.810. The highest BCUT2D eigenvalue weighted by Gasteiger charge is 1.96. The first kappa shape index (κ1) is 11.3. The average Bonchev–Trinajstić information content (AvgIpc) is 2.58. The highest BCUT2D eigenvalue weighted by Crippen LogP contribution is 2.16. The van der Waals surface area contributed by atoms with Crippen LogP contribution in [0.5, 0.6) is 0 Å². The van der Waals surface area contributed by atoms with E-state index in [1.165, 1.54) is 18.0 Å². The molecular weight excluding hydrogens is 198 g/mol. The van der Waals surface area contributed by atoms with Crippen LogP contribution in [0.1, 0.15) is 19.8 Å². The lowest BCUT2D eigenvalue weighted by Crippen LogP contribution is -2.09. The van der Waals surface area contributed by atoms with Gasteiger partial charge in [-0.1, -0.05) is 13.3 Å². The van der Waals surface area contributed by atoms with Gasteiger partial charge in [-0.3, -0.25) is 0 Å². The number of aromatic nitrogens is 1. The Bertz CT molecular complexity index is 252. The van der Waals surface area contributed by atoms with E-state index in [9.17, 15) is 0 Å². The summed E-state index contributed by atoms with van der Waals surface area (Å²) in [4.78, 5) is 0. The molecule has 14 heavy (non-hydrogen) atoms. The number of nitrogens with one attached hydrogen (secondary N) is 1. The molecule has 0 aliphatic heterocycles. The second kappa shape index (κ2) is 6.62. The van der Waals surface area contributed by atoms with Crippen molar-refractivity contribution in [3.63, 3.8) is 0 Å². The van der Waals surface area contributed by atoms with Gasteiger partial charge in [-0.2, -0.15) is 4.37 Å². The van der Waals surface area contributed by atoms with Crippen molar-refractivity contribution in [1.82, 2.24) is 4.37 Å². The molecule has 1 heterocycles. The molecule has 1 rings (SSSR count). The van der Waals surface area contributed by atoms with Gasteiger partial charge in [0.15, 0.2) is 0 Å². The second-order valence-corrected chi connectivity index (χ2v) is 3.81. The number of hydrogen-bond donors (Lipinski definition) is 2. The Kier molecular flexibility index (Phi) is 5.32. The number of anilines is 2. The summed E-state index contributed by atoms with van der Waals surface area (Å²) in [6.07, 6.45) is 2.31. The molecule has 0 radical (unpaired) electrons. The fraction of sp³-hybridized carbons (Fsp3) is 0.667. The van der Waals surface area contributed by atoms with Gasteiger partial charge in [-0.15, -0.1) is 0 Å². The zero-order chi connectivity index (χ0) is 10.2. The van der Waals surface area contributed by atoms with Crippen molar-refractivity contribution < 1.29 is 4.74 Å². The minimum atomic E-state index is 0.574. The monoisotopic (exact) mass is 215 g/mol. The first-order valence-corrected chi connectivity index (χ1v) is 5.64. The van der Waals surface area contributed by atoms with Crippen LogP contribution >= 0.6 is 11.5 Å². The van der Waals surface area contributed by atoms with Gasteiger partial charge in [0.05, 0.1) is 6.61 Å². The number of hydrogen-bond acceptors (Lipinski definition) is 5. The molecule has 0 atom stereocenters. The van der Waals surface area contributed by atoms with Gasteiger partial charge in [0, 0.05) is 19.2 Å². The third-order valence-corrected chi connectivity index (χ3v) is 2.48. The van der Waals surface area contributed by atoms with Crippen LogP contribution in [0.3, 0.4) is 0 Å². The van der Waals surface area contributed by atoms with Gasteiger partial charge in [0.25, 0.3) is 0 Å². The van der Waals surface area contributed by atoms with Crippen LogP contribution in [0.25, 0.3) is 0 Å². The van der Waals surface area contributed by atoms with E-state index in [1.54, 1.807) is 0 Å². The van der Waals surface area contributed by atoms with E-state index in [4.69, 9.17) is 10.5 Å². The summed E-state index contributed by atoms with van der Waals surface area (Å²) in [5.41, 5.74) is 5.48. The Morgan fingerprint density at radius 2 is 2.43 bits per heavy atom. The number of unbranched alkanes of at least 4 members (excludes halogenated alkanes) is 1. The molecule has 0 unspecified atom stereocenters. The summed E-state index contributed by atoms with van der Waals surface area (Å²) in [6, 6.07) is 1.83. The fourth-order valence-electron chi connectivity index (χ4n) is 0.967. The van der Waals surface area contributed by atoms with E-state index in [1.807, 2.05) is 6.07 Å². The Morgan fingerprint density at radius 3 is 3.07 bits per heavy atom. The smallest absolute Gasteiger partial charge is 0.139 e. The highest BCUT2D eigenvalue weighted by atomic mass is 32.1. The first-order valence-electron chi connectivity index (χ1n) is 4.86. The number of nitrogen functional groups attached to an aromatic ring is 1. The van der Waals surface area contributed by atoms with E-state index < -0.39 is 0 Å². The third-order valence-electron chi connectivity index (χ3n) is 1.72. The van der Waals surface area contributed by atoms with Crippen LogP contribution in [-0.2, 0) is 4.74 Å². The van der Waals surface area contributed by atoms with Crippen molar-refractivity contribution in [2.24, 2.45) is 0 Å². The van der Waals surface area contributed by atoms with Crippen molar-refractivity contribution >= 4 is 22.4 Å². The van der Waals surface area contributed by atoms with Gasteiger partial charge in [0.2, 0.25) is 0 Å². The average molecular weight is 215 g/mol. The maximum atomic E-state index is 5.48. The summed E-state index contributed by atoms with van der Waals surface area (Å²) in [7, 11) is 0. The minimum Gasteiger partial charge on any atom is -0.383 e. The Balaban J connectivity index is 1.99. The Labute approximate surface area is 88.6 Å². The lowest BCUT2D eigenvalue weighted by atomic mass is 10.4.